The molecule has 0 fully saturated rings. The van der Waals surface area contributed by atoms with E-state index in [-0.39, 0.29) is 46.4 Å². The maximum atomic E-state index is 12.9. The van der Waals surface area contributed by atoms with Crippen LogP contribution in [0, 0.1) is 17.2 Å². The van der Waals surface area contributed by atoms with Gasteiger partial charge in [-0.2, -0.15) is 5.26 Å². The summed E-state index contributed by atoms with van der Waals surface area (Å²) in [7, 11) is 0. The second-order valence-corrected chi connectivity index (χ2v) is 8.48. The molecule has 174 valence electrons. The van der Waals surface area contributed by atoms with Crippen molar-refractivity contribution in [1.29, 1.82) is 5.26 Å². The Hall–Kier alpha value is -3.89. The molecule has 0 atom stereocenters. The highest BCUT2D eigenvalue weighted by Gasteiger charge is 2.34. The molecule has 34 heavy (non-hydrogen) atoms. The van der Waals surface area contributed by atoms with E-state index in [1.807, 2.05) is 19.9 Å². The van der Waals surface area contributed by atoms with E-state index in [1.165, 1.54) is 12.2 Å². The predicted molar refractivity (Wildman–Crippen MR) is 127 cm³/mol. The summed E-state index contributed by atoms with van der Waals surface area (Å²) >= 11 is 6.19. The van der Waals surface area contributed by atoms with Crippen LogP contribution in [0.15, 0.2) is 64.1 Å². The molecule has 1 aromatic carbocycles. The molecule has 0 aliphatic carbocycles. The van der Waals surface area contributed by atoms with Crippen molar-refractivity contribution in [3.8, 4) is 17.4 Å². The highest BCUT2D eigenvalue weighted by atomic mass is 35.5. The quantitative estimate of drug-likeness (QED) is 0.235. The first-order valence-electron chi connectivity index (χ1n) is 10.5. The van der Waals surface area contributed by atoms with Crippen molar-refractivity contribution in [2.24, 2.45) is 5.92 Å². The number of imide groups is 1. The van der Waals surface area contributed by atoms with Crippen LogP contribution in [0.4, 0.5) is 0 Å². The number of halogens is 1. The van der Waals surface area contributed by atoms with E-state index in [0.29, 0.717) is 17.1 Å². The molecule has 0 N–H and O–H groups in total. The number of carbonyl (C=O) groups is 3. The molecule has 1 aromatic heterocycles. The zero-order valence-electron chi connectivity index (χ0n) is 19.1. The summed E-state index contributed by atoms with van der Waals surface area (Å²) in [4.78, 5) is 38.7. The predicted octanol–water partition coefficient (Wildman–Crippen LogP) is 5.19. The maximum Gasteiger partial charge on any atom is 0.339 e. The first kappa shape index (κ1) is 24.7. The van der Waals surface area contributed by atoms with Crippen LogP contribution in [-0.4, -0.2) is 35.8 Å². The fourth-order valence-corrected chi connectivity index (χ4v) is 3.50. The van der Waals surface area contributed by atoms with E-state index in [2.05, 4.69) is 6.58 Å². The van der Waals surface area contributed by atoms with Gasteiger partial charge in [-0.3, -0.25) is 14.5 Å². The Labute approximate surface area is 202 Å². The van der Waals surface area contributed by atoms with Crippen molar-refractivity contribution in [3.05, 3.63) is 76.1 Å². The maximum absolute atomic E-state index is 12.9. The first-order valence-corrected chi connectivity index (χ1v) is 10.9. The van der Waals surface area contributed by atoms with E-state index < -0.39 is 17.8 Å². The average molecular weight is 479 g/mol. The Kier molecular flexibility index (Phi) is 7.54. The fourth-order valence-electron chi connectivity index (χ4n) is 3.31. The largest absolute Gasteiger partial charge is 0.462 e. The Morgan fingerprint density at radius 3 is 2.65 bits per heavy atom. The number of furan rings is 1. The lowest BCUT2D eigenvalue weighted by Gasteiger charge is -2.26. The molecule has 3 rings (SSSR count). The summed E-state index contributed by atoms with van der Waals surface area (Å²) in [5, 5.41) is 9.67. The van der Waals surface area contributed by atoms with Crippen LogP contribution in [0.25, 0.3) is 17.4 Å². The summed E-state index contributed by atoms with van der Waals surface area (Å²) in [6.45, 7) is 9.23. The lowest BCUT2D eigenvalue weighted by atomic mass is 9.94. The molecule has 2 heterocycles. The molecule has 2 aromatic rings. The smallest absolute Gasteiger partial charge is 0.339 e. The molecule has 0 saturated carbocycles. The van der Waals surface area contributed by atoms with Crippen molar-refractivity contribution < 1.29 is 23.5 Å². The lowest BCUT2D eigenvalue weighted by Crippen LogP contribution is -2.42. The normalized spacial score (nSPS) is 15.2. The molecule has 8 heteroatoms. The van der Waals surface area contributed by atoms with E-state index >= 15 is 0 Å². The molecule has 0 saturated heterocycles. The number of hydrogen-bond acceptors (Lipinski definition) is 6. The van der Waals surface area contributed by atoms with Crippen molar-refractivity contribution in [1.82, 2.24) is 4.90 Å². The monoisotopic (exact) mass is 478 g/mol. The zero-order valence-corrected chi connectivity index (χ0v) is 19.8. The van der Waals surface area contributed by atoms with E-state index in [1.54, 1.807) is 37.3 Å². The number of nitriles is 1. The third-order valence-corrected chi connectivity index (χ3v) is 5.40. The summed E-state index contributed by atoms with van der Waals surface area (Å²) in [6.07, 6.45) is 2.90. The van der Waals surface area contributed by atoms with Crippen LogP contribution in [-0.2, 0) is 14.3 Å². The van der Waals surface area contributed by atoms with Gasteiger partial charge in [0.25, 0.3) is 11.8 Å². The molecule has 0 unspecified atom stereocenters. The van der Waals surface area contributed by atoms with Gasteiger partial charge in [0.2, 0.25) is 0 Å². The van der Waals surface area contributed by atoms with E-state index in [9.17, 15) is 19.6 Å². The Morgan fingerprint density at radius 2 is 2.00 bits per heavy atom. The van der Waals surface area contributed by atoms with E-state index in [4.69, 9.17) is 20.8 Å². The van der Waals surface area contributed by atoms with Crippen LogP contribution in [0.1, 0.15) is 36.9 Å². The number of ether oxygens (including phenoxy) is 1. The van der Waals surface area contributed by atoms with Crippen molar-refractivity contribution >= 4 is 35.5 Å². The zero-order chi connectivity index (χ0) is 25.0. The minimum absolute atomic E-state index is 0.0165. The van der Waals surface area contributed by atoms with Gasteiger partial charge in [-0.25, -0.2) is 4.79 Å². The number of amides is 2. The molecular weight excluding hydrogens is 456 g/mol. The van der Waals surface area contributed by atoms with Crippen LogP contribution >= 0.6 is 11.6 Å². The van der Waals surface area contributed by atoms with Gasteiger partial charge in [-0.15, -0.1) is 6.58 Å². The standard InChI is InChI=1S/C26H23ClN2O5/c1-5-10-29-24(30)19(16(4)21(13-28)25(29)31)12-18-7-9-23(34-18)17-6-8-22(27)20(11-17)26(32)33-14-15(2)3/h5-9,11-12,15H,1,10,14H2,2-4H3. The highest BCUT2D eigenvalue weighted by Crippen LogP contribution is 2.31. The molecule has 0 radical (unpaired) electrons. The van der Waals surface area contributed by atoms with Crippen molar-refractivity contribution in [3.63, 3.8) is 0 Å². The topological polar surface area (TPSA) is 101 Å². The average Bonchev–Trinajstić information content (AvgIpc) is 3.27. The molecule has 0 bridgehead atoms. The number of hydrogen-bond donors (Lipinski definition) is 0. The summed E-state index contributed by atoms with van der Waals surface area (Å²) in [5.74, 6) is -0.765. The molecule has 7 nitrogen and oxygen atoms in total. The Morgan fingerprint density at radius 1 is 1.26 bits per heavy atom. The molecule has 1 aliphatic heterocycles. The van der Waals surface area contributed by atoms with Gasteiger partial charge in [-0.05, 0) is 54.8 Å². The fraction of sp³-hybridized carbons (Fsp3) is 0.231. The van der Waals surface area contributed by atoms with Crippen LogP contribution in [0.3, 0.4) is 0 Å². The van der Waals surface area contributed by atoms with Crippen molar-refractivity contribution in [2.75, 3.05) is 13.2 Å². The van der Waals surface area contributed by atoms with Crippen LogP contribution in [0.2, 0.25) is 5.02 Å². The first-order chi connectivity index (χ1) is 16.2. The van der Waals surface area contributed by atoms with Gasteiger partial charge in [0.15, 0.2) is 0 Å². The third-order valence-electron chi connectivity index (χ3n) is 5.07. The summed E-state index contributed by atoms with van der Waals surface area (Å²) in [6, 6.07) is 10.1. The number of esters is 1. The van der Waals surface area contributed by atoms with Gasteiger partial charge in [0.05, 0.1) is 17.2 Å². The third kappa shape index (κ3) is 5.03. The second kappa shape index (κ2) is 10.4. The van der Waals surface area contributed by atoms with Gasteiger partial charge >= 0.3 is 5.97 Å². The van der Waals surface area contributed by atoms with Gasteiger partial charge in [0, 0.05) is 17.7 Å². The minimum atomic E-state index is -0.653. The van der Waals surface area contributed by atoms with Crippen LogP contribution < -0.4 is 0 Å². The van der Waals surface area contributed by atoms with Gasteiger partial charge in [0.1, 0.15) is 23.2 Å². The molecule has 1 aliphatic rings. The van der Waals surface area contributed by atoms with Crippen molar-refractivity contribution in [2.45, 2.75) is 20.8 Å². The van der Waals surface area contributed by atoms with Gasteiger partial charge < -0.3 is 9.15 Å². The Balaban J connectivity index is 1.96. The molecule has 0 spiro atoms. The van der Waals surface area contributed by atoms with Crippen LogP contribution in [0.5, 0.6) is 0 Å². The number of nitrogens with zero attached hydrogens (tertiary/aromatic N) is 2. The van der Waals surface area contributed by atoms with Gasteiger partial charge in [-0.1, -0.05) is 31.5 Å². The SMILES string of the molecule is C=CCN1C(=O)C(=Cc2ccc(-c3ccc(Cl)c(C(=O)OCC(C)C)c3)o2)C(C)=C(C#N)C1=O. The summed E-state index contributed by atoms with van der Waals surface area (Å²) < 4.78 is 11.2. The number of carbonyl (C=O) groups excluding carboxylic acids is 3. The Bertz CT molecular complexity index is 1280. The molecule has 2 amide bonds. The number of rotatable bonds is 7. The summed E-state index contributed by atoms with van der Waals surface area (Å²) in [5.41, 5.74) is 1.15. The van der Waals surface area contributed by atoms with E-state index in [0.717, 1.165) is 4.90 Å². The lowest BCUT2D eigenvalue weighted by molar-refractivity contribution is -0.139. The minimum Gasteiger partial charge on any atom is -0.462 e. The second-order valence-electron chi connectivity index (χ2n) is 8.07. The highest BCUT2D eigenvalue weighted by molar-refractivity contribution is 6.33. The number of benzene rings is 1. The molecular formula is C26H23ClN2O5.